The van der Waals surface area contributed by atoms with Crippen LogP contribution in [0.25, 0.3) is 0 Å². The first kappa shape index (κ1) is 14.8. The number of halogens is 1. The summed E-state index contributed by atoms with van der Waals surface area (Å²) in [4.78, 5) is 0. The van der Waals surface area contributed by atoms with Gasteiger partial charge in [-0.05, 0) is 23.8 Å². The van der Waals surface area contributed by atoms with Gasteiger partial charge in [-0.25, -0.2) is 13.1 Å². The molecule has 19 heavy (non-hydrogen) atoms. The quantitative estimate of drug-likeness (QED) is 0.850. The molecule has 2 rings (SSSR count). The molecular formula is C14H20ClNO2S. The summed E-state index contributed by atoms with van der Waals surface area (Å²) in [5.74, 6) is 0.122. The van der Waals surface area contributed by atoms with Gasteiger partial charge in [0.05, 0.1) is 5.75 Å². The molecule has 1 N–H and O–H groups in total. The number of hydrogen-bond acceptors (Lipinski definition) is 2. The SMILES string of the molecule is CC1(C)C(Cl)CC1NS(=O)(=O)CCc1ccccc1. The van der Waals surface area contributed by atoms with Crippen LogP contribution < -0.4 is 4.72 Å². The van der Waals surface area contributed by atoms with E-state index in [4.69, 9.17) is 11.6 Å². The van der Waals surface area contributed by atoms with Gasteiger partial charge in [-0.15, -0.1) is 11.6 Å². The largest absolute Gasteiger partial charge is 0.212 e. The minimum absolute atomic E-state index is 0.0456. The fourth-order valence-electron chi connectivity index (χ4n) is 2.24. The molecule has 5 heteroatoms. The van der Waals surface area contributed by atoms with Gasteiger partial charge < -0.3 is 0 Å². The molecule has 0 aromatic heterocycles. The normalized spacial score (nSPS) is 25.8. The molecule has 0 amide bonds. The summed E-state index contributed by atoms with van der Waals surface area (Å²) in [6.45, 7) is 4.00. The summed E-state index contributed by atoms with van der Waals surface area (Å²) in [6, 6.07) is 9.60. The summed E-state index contributed by atoms with van der Waals surface area (Å²) >= 11 is 6.10. The van der Waals surface area contributed by atoms with Crippen molar-refractivity contribution in [2.45, 2.75) is 38.1 Å². The molecule has 1 aromatic rings. The van der Waals surface area contributed by atoms with Crippen LogP contribution in [-0.2, 0) is 16.4 Å². The van der Waals surface area contributed by atoms with E-state index in [2.05, 4.69) is 4.72 Å². The number of nitrogens with one attached hydrogen (secondary N) is 1. The van der Waals surface area contributed by atoms with Gasteiger partial charge in [0.2, 0.25) is 10.0 Å². The lowest BCUT2D eigenvalue weighted by molar-refractivity contribution is 0.137. The first-order valence-electron chi connectivity index (χ1n) is 6.49. The smallest absolute Gasteiger partial charge is 0.212 e. The second kappa shape index (κ2) is 5.43. The third-order valence-corrected chi connectivity index (χ3v) is 6.10. The van der Waals surface area contributed by atoms with Gasteiger partial charge in [0.25, 0.3) is 0 Å². The zero-order valence-electron chi connectivity index (χ0n) is 11.3. The highest BCUT2D eigenvalue weighted by molar-refractivity contribution is 7.89. The van der Waals surface area contributed by atoms with Crippen LogP contribution in [0.15, 0.2) is 30.3 Å². The summed E-state index contributed by atoms with van der Waals surface area (Å²) < 4.78 is 26.9. The lowest BCUT2D eigenvalue weighted by Crippen LogP contribution is -2.59. The molecule has 1 aromatic carbocycles. The first-order valence-corrected chi connectivity index (χ1v) is 8.58. The van der Waals surface area contributed by atoms with E-state index in [-0.39, 0.29) is 22.6 Å². The van der Waals surface area contributed by atoms with Crippen LogP contribution in [0, 0.1) is 5.41 Å². The van der Waals surface area contributed by atoms with Gasteiger partial charge in [-0.2, -0.15) is 0 Å². The predicted octanol–water partition coefficient (Wildman–Crippen LogP) is 2.55. The maximum absolute atomic E-state index is 12.0. The molecule has 1 fully saturated rings. The van der Waals surface area contributed by atoms with Crippen LogP contribution >= 0.6 is 11.6 Å². The third kappa shape index (κ3) is 3.50. The first-order chi connectivity index (χ1) is 8.81. The number of sulfonamides is 1. The topological polar surface area (TPSA) is 46.2 Å². The summed E-state index contributed by atoms with van der Waals surface area (Å²) in [5.41, 5.74) is 0.873. The van der Waals surface area contributed by atoms with Crippen molar-refractivity contribution in [3.05, 3.63) is 35.9 Å². The Morgan fingerprint density at radius 1 is 1.32 bits per heavy atom. The predicted molar refractivity (Wildman–Crippen MR) is 78.9 cm³/mol. The van der Waals surface area contributed by atoms with Crippen molar-refractivity contribution in [3.63, 3.8) is 0 Å². The van der Waals surface area contributed by atoms with Crippen molar-refractivity contribution in [2.75, 3.05) is 5.75 Å². The van der Waals surface area contributed by atoms with E-state index in [1.807, 2.05) is 44.2 Å². The Bertz CT molecular complexity index is 528. The average molecular weight is 302 g/mol. The maximum Gasteiger partial charge on any atom is 0.212 e. The lowest BCUT2D eigenvalue weighted by atomic mass is 9.67. The molecule has 1 aliphatic carbocycles. The summed E-state index contributed by atoms with van der Waals surface area (Å²) in [5, 5.41) is 0.0503. The number of hydrogen-bond donors (Lipinski definition) is 1. The Morgan fingerprint density at radius 2 is 1.95 bits per heavy atom. The summed E-state index contributed by atoms with van der Waals surface area (Å²) in [6.07, 6.45) is 1.24. The van der Waals surface area contributed by atoms with Crippen LogP contribution in [0.2, 0.25) is 0 Å². The molecule has 106 valence electrons. The van der Waals surface area contributed by atoms with Gasteiger partial charge >= 0.3 is 0 Å². The summed E-state index contributed by atoms with van der Waals surface area (Å²) in [7, 11) is -3.24. The minimum atomic E-state index is -3.24. The molecule has 2 atom stereocenters. The second-order valence-corrected chi connectivity index (χ2v) is 8.15. The van der Waals surface area contributed by atoms with E-state index >= 15 is 0 Å². The van der Waals surface area contributed by atoms with Gasteiger partial charge in [0, 0.05) is 11.4 Å². The van der Waals surface area contributed by atoms with Gasteiger partial charge in [0.1, 0.15) is 0 Å². The van der Waals surface area contributed by atoms with Gasteiger partial charge in [-0.3, -0.25) is 0 Å². The van der Waals surface area contributed by atoms with Gasteiger partial charge in [-0.1, -0.05) is 44.2 Å². The Morgan fingerprint density at radius 3 is 2.47 bits per heavy atom. The molecule has 1 aliphatic rings. The fraction of sp³-hybridized carbons (Fsp3) is 0.571. The molecule has 0 heterocycles. The van der Waals surface area contributed by atoms with Crippen LogP contribution in [0.5, 0.6) is 0 Å². The van der Waals surface area contributed by atoms with Crippen molar-refractivity contribution in [2.24, 2.45) is 5.41 Å². The number of rotatable bonds is 5. The van der Waals surface area contributed by atoms with Crippen molar-refractivity contribution in [1.82, 2.24) is 4.72 Å². The Hall–Kier alpha value is -0.580. The van der Waals surface area contributed by atoms with Crippen molar-refractivity contribution in [1.29, 1.82) is 0 Å². The highest BCUT2D eigenvalue weighted by Crippen LogP contribution is 2.44. The number of alkyl halides is 1. The maximum atomic E-state index is 12.0. The lowest BCUT2D eigenvalue weighted by Gasteiger charge is -2.49. The fourth-order valence-corrected chi connectivity index (χ4v) is 4.03. The van der Waals surface area contributed by atoms with Crippen LogP contribution in [0.3, 0.4) is 0 Å². The molecule has 1 saturated carbocycles. The van der Waals surface area contributed by atoms with Crippen LogP contribution in [0.4, 0.5) is 0 Å². The van der Waals surface area contributed by atoms with E-state index < -0.39 is 10.0 Å². The standard InChI is InChI=1S/C14H20ClNO2S/c1-14(2)12(15)10-13(14)16-19(17,18)9-8-11-6-4-3-5-7-11/h3-7,12-13,16H,8-10H2,1-2H3. The number of benzene rings is 1. The third-order valence-electron chi connectivity index (χ3n) is 3.97. The van der Waals surface area contributed by atoms with Gasteiger partial charge in [0.15, 0.2) is 0 Å². The Kier molecular flexibility index (Phi) is 4.23. The minimum Gasteiger partial charge on any atom is -0.212 e. The van der Waals surface area contributed by atoms with Crippen LogP contribution in [-0.4, -0.2) is 25.6 Å². The molecule has 3 nitrogen and oxygen atoms in total. The second-order valence-electron chi connectivity index (χ2n) is 5.75. The van der Waals surface area contributed by atoms with Crippen molar-refractivity contribution in [3.8, 4) is 0 Å². The van der Waals surface area contributed by atoms with Crippen molar-refractivity contribution >= 4 is 21.6 Å². The van der Waals surface area contributed by atoms with Crippen molar-refractivity contribution < 1.29 is 8.42 Å². The Labute approximate surface area is 120 Å². The van der Waals surface area contributed by atoms with E-state index in [1.54, 1.807) is 0 Å². The molecule has 0 radical (unpaired) electrons. The average Bonchev–Trinajstić information content (AvgIpc) is 2.37. The molecule has 0 bridgehead atoms. The molecular weight excluding hydrogens is 282 g/mol. The Balaban J connectivity index is 1.90. The van der Waals surface area contributed by atoms with Crippen LogP contribution in [0.1, 0.15) is 25.8 Å². The zero-order chi connectivity index (χ0) is 14.1. The number of aryl methyl sites for hydroxylation is 1. The zero-order valence-corrected chi connectivity index (χ0v) is 12.8. The van der Waals surface area contributed by atoms with E-state index in [1.165, 1.54) is 0 Å². The molecule has 0 spiro atoms. The monoisotopic (exact) mass is 301 g/mol. The molecule has 0 saturated heterocycles. The van der Waals surface area contributed by atoms with E-state index in [9.17, 15) is 8.42 Å². The van der Waals surface area contributed by atoms with E-state index in [0.717, 1.165) is 5.56 Å². The highest BCUT2D eigenvalue weighted by Gasteiger charge is 2.48. The molecule has 0 aliphatic heterocycles. The molecule has 2 unspecified atom stereocenters. The highest BCUT2D eigenvalue weighted by atomic mass is 35.5. The van der Waals surface area contributed by atoms with E-state index in [0.29, 0.717) is 12.8 Å².